The standard InChI is InChI=1S/C17H22N4O2S3/c1-3-12-4-6-13(7-5-12)18-16-19-21(17(24)26-16)11-20-8-9-25-14(10-20)15(22)23-2/h4-7,14H,3,8-11H2,1-2H3,(H,18,19)/t14-/m1/s1. The van der Waals surface area contributed by atoms with Crippen LogP contribution in [0.5, 0.6) is 0 Å². The van der Waals surface area contributed by atoms with Crippen molar-refractivity contribution in [1.29, 1.82) is 0 Å². The fourth-order valence-electron chi connectivity index (χ4n) is 2.69. The number of hydrogen-bond acceptors (Lipinski definition) is 8. The maximum absolute atomic E-state index is 11.8. The van der Waals surface area contributed by atoms with Crippen LogP contribution in [0.2, 0.25) is 0 Å². The molecule has 0 unspecified atom stereocenters. The average Bonchev–Trinajstić information content (AvgIpc) is 3.00. The lowest BCUT2D eigenvalue weighted by molar-refractivity contribution is -0.140. The van der Waals surface area contributed by atoms with Crippen LogP contribution in [0.1, 0.15) is 12.5 Å². The van der Waals surface area contributed by atoms with Gasteiger partial charge in [-0.2, -0.15) is 0 Å². The summed E-state index contributed by atoms with van der Waals surface area (Å²) in [6.45, 7) is 4.27. The number of carbonyl (C=O) groups is 1. The molecule has 9 heteroatoms. The molecule has 0 bridgehead atoms. The minimum absolute atomic E-state index is 0.142. The summed E-state index contributed by atoms with van der Waals surface area (Å²) in [4.78, 5) is 14.0. The predicted octanol–water partition coefficient (Wildman–Crippen LogP) is 3.53. The van der Waals surface area contributed by atoms with Crippen molar-refractivity contribution < 1.29 is 9.53 Å². The summed E-state index contributed by atoms with van der Waals surface area (Å²) >= 11 is 8.55. The van der Waals surface area contributed by atoms with E-state index in [4.69, 9.17) is 17.0 Å². The van der Waals surface area contributed by atoms with Crippen LogP contribution < -0.4 is 5.32 Å². The number of nitrogens with zero attached hydrogens (tertiary/aromatic N) is 3. The first-order valence-corrected chi connectivity index (χ1v) is 10.7. The zero-order valence-corrected chi connectivity index (χ0v) is 17.3. The van der Waals surface area contributed by atoms with Crippen molar-refractivity contribution in [2.24, 2.45) is 0 Å². The average molecular weight is 411 g/mol. The van der Waals surface area contributed by atoms with Gasteiger partial charge in [0.2, 0.25) is 5.13 Å². The third-order valence-corrected chi connectivity index (χ3v) is 6.55. The zero-order valence-electron chi connectivity index (χ0n) is 14.8. The molecule has 1 saturated heterocycles. The molecule has 140 valence electrons. The van der Waals surface area contributed by atoms with Gasteiger partial charge in [0.15, 0.2) is 3.95 Å². The predicted molar refractivity (Wildman–Crippen MR) is 110 cm³/mol. The van der Waals surface area contributed by atoms with E-state index in [2.05, 4.69) is 46.5 Å². The molecule has 1 aliphatic rings. The molecular weight excluding hydrogens is 388 g/mol. The molecule has 0 spiro atoms. The van der Waals surface area contributed by atoms with Gasteiger partial charge in [0.25, 0.3) is 0 Å². The van der Waals surface area contributed by atoms with Crippen LogP contribution in [0.15, 0.2) is 24.3 Å². The fraction of sp³-hybridized carbons (Fsp3) is 0.471. The number of aromatic nitrogens is 2. The summed E-state index contributed by atoms with van der Waals surface area (Å²) in [5.74, 6) is 0.728. The number of esters is 1. The van der Waals surface area contributed by atoms with E-state index in [9.17, 15) is 4.79 Å². The lowest BCUT2D eigenvalue weighted by Crippen LogP contribution is -2.42. The van der Waals surface area contributed by atoms with Crippen molar-refractivity contribution in [3.8, 4) is 0 Å². The summed E-state index contributed by atoms with van der Waals surface area (Å²) in [7, 11) is 1.43. The van der Waals surface area contributed by atoms with E-state index in [-0.39, 0.29) is 11.2 Å². The first-order chi connectivity index (χ1) is 12.6. The Hall–Kier alpha value is -1.42. The van der Waals surface area contributed by atoms with Crippen molar-refractivity contribution >= 4 is 52.1 Å². The van der Waals surface area contributed by atoms with E-state index >= 15 is 0 Å². The Balaban J connectivity index is 1.64. The van der Waals surface area contributed by atoms with E-state index in [1.165, 1.54) is 24.0 Å². The van der Waals surface area contributed by atoms with Gasteiger partial charge in [0.05, 0.1) is 13.8 Å². The number of aryl methyl sites for hydroxylation is 1. The molecule has 1 N–H and O–H groups in total. The number of nitrogens with one attached hydrogen (secondary N) is 1. The van der Waals surface area contributed by atoms with Gasteiger partial charge in [-0.25, -0.2) is 4.68 Å². The number of thioether (sulfide) groups is 1. The zero-order chi connectivity index (χ0) is 18.5. The second-order valence-electron chi connectivity index (χ2n) is 5.95. The maximum atomic E-state index is 11.8. The molecule has 1 atom stereocenters. The van der Waals surface area contributed by atoms with Crippen molar-refractivity contribution in [3.05, 3.63) is 33.8 Å². The Morgan fingerprint density at radius 2 is 2.19 bits per heavy atom. The highest BCUT2D eigenvalue weighted by Gasteiger charge is 2.27. The topological polar surface area (TPSA) is 59.4 Å². The molecule has 0 aliphatic carbocycles. The summed E-state index contributed by atoms with van der Waals surface area (Å²) < 4.78 is 7.39. The smallest absolute Gasteiger partial charge is 0.320 e. The molecule has 3 rings (SSSR count). The number of hydrogen-bond donors (Lipinski definition) is 1. The SMILES string of the molecule is CCc1ccc(Nc2nn(CN3CCS[C@@H](C(=O)OC)C3)c(=S)s2)cc1. The second-order valence-corrected chi connectivity index (χ2v) is 8.88. The second kappa shape index (κ2) is 8.98. The number of anilines is 2. The number of methoxy groups -OCH3 is 1. The monoisotopic (exact) mass is 410 g/mol. The molecule has 6 nitrogen and oxygen atoms in total. The largest absolute Gasteiger partial charge is 0.468 e. The minimum Gasteiger partial charge on any atom is -0.468 e. The normalized spacial score (nSPS) is 17.8. The summed E-state index contributed by atoms with van der Waals surface area (Å²) in [6.07, 6.45) is 1.02. The Labute approximate surface area is 166 Å². The van der Waals surface area contributed by atoms with Crippen LogP contribution in [0, 0.1) is 3.95 Å². The van der Waals surface area contributed by atoms with Crippen LogP contribution in [0.25, 0.3) is 0 Å². The third-order valence-electron chi connectivity index (χ3n) is 4.17. The first-order valence-electron chi connectivity index (χ1n) is 8.44. The Morgan fingerprint density at radius 3 is 2.88 bits per heavy atom. The summed E-state index contributed by atoms with van der Waals surface area (Å²) in [5, 5.41) is 8.53. The molecule has 0 saturated carbocycles. The summed E-state index contributed by atoms with van der Waals surface area (Å²) in [6, 6.07) is 8.32. The lowest BCUT2D eigenvalue weighted by atomic mass is 10.1. The number of benzene rings is 1. The quantitative estimate of drug-likeness (QED) is 0.577. The van der Waals surface area contributed by atoms with Crippen LogP contribution in [0.3, 0.4) is 0 Å². The molecule has 0 radical (unpaired) electrons. The van der Waals surface area contributed by atoms with Gasteiger partial charge in [-0.3, -0.25) is 9.69 Å². The van der Waals surface area contributed by atoms with Crippen LogP contribution in [0.4, 0.5) is 10.8 Å². The van der Waals surface area contributed by atoms with Gasteiger partial charge in [-0.05, 0) is 36.3 Å². The molecule has 2 aromatic rings. The van der Waals surface area contributed by atoms with Gasteiger partial charge >= 0.3 is 5.97 Å². The molecule has 1 aromatic heterocycles. The lowest BCUT2D eigenvalue weighted by Gasteiger charge is -2.30. The summed E-state index contributed by atoms with van der Waals surface area (Å²) in [5.41, 5.74) is 2.30. The third kappa shape index (κ3) is 4.85. The maximum Gasteiger partial charge on any atom is 0.320 e. The van der Waals surface area contributed by atoms with Crippen LogP contribution in [-0.4, -0.2) is 51.9 Å². The van der Waals surface area contributed by atoms with E-state index in [1.54, 1.807) is 11.8 Å². The van der Waals surface area contributed by atoms with Crippen LogP contribution >= 0.6 is 35.3 Å². The highest BCUT2D eigenvalue weighted by atomic mass is 32.2. The van der Waals surface area contributed by atoms with E-state index in [1.807, 2.05) is 4.68 Å². The molecule has 2 heterocycles. The van der Waals surface area contributed by atoms with Crippen molar-refractivity contribution in [2.45, 2.75) is 25.3 Å². The van der Waals surface area contributed by atoms with Crippen molar-refractivity contribution in [3.63, 3.8) is 0 Å². The Kier molecular flexibility index (Phi) is 6.68. The van der Waals surface area contributed by atoms with Crippen molar-refractivity contribution in [1.82, 2.24) is 14.7 Å². The number of carbonyl (C=O) groups excluding carboxylic acids is 1. The minimum atomic E-state index is -0.167. The first kappa shape index (κ1) is 19.3. The van der Waals surface area contributed by atoms with E-state index in [0.717, 1.165) is 29.5 Å². The van der Waals surface area contributed by atoms with Crippen molar-refractivity contribution in [2.75, 3.05) is 31.3 Å². The molecular formula is C17H22N4O2S3. The Morgan fingerprint density at radius 1 is 1.42 bits per heavy atom. The van der Waals surface area contributed by atoms with E-state index in [0.29, 0.717) is 17.2 Å². The molecule has 0 amide bonds. The molecule has 1 fully saturated rings. The molecule has 26 heavy (non-hydrogen) atoms. The fourth-order valence-corrected chi connectivity index (χ4v) is 4.90. The van der Waals surface area contributed by atoms with Gasteiger partial charge in [0, 0.05) is 24.5 Å². The van der Waals surface area contributed by atoms with Gasteiger partial charge in [-0.1, -0.05) is 30.4 Å². The van der Waals surface area contributed by atoms with E-state index < -0.39 is 0 Å². The van der Waals surface area contributed by atoms with Crippen LogP contribution in [-0.2, 0) is 22.6 Å². The highest BCUT2D eigenvalue weighted by molar-refractivity contribution is 8.00. The Bertz CT molecular complexity index is 803. The van der Waals surface area contributed by atoms with Gasteiger partial charge < -0.3 is 10.1 Å². The van der Waals surface area contributed by atoms with Gasteiger partial charge in [0.1, 0.15) is 5.25 Å². The molecule has 1 aliphatic heterocycles. The number of ether oxygens (including phenoxy) is 1. The number of rotatable bonds is 6. The highest BCUT2D eigenvalue weighted by Crippen LogP contribution is 2.23. The van der Waals surface area contributed by atoms with Gasteiger partial charge in [-0.15, -0.1) is 16.9 Å². The molecule has 1 aromatic carbocycles.